The molecule has 22 heavy (non-hydrogen) atoms. The monoisotopic (exact) mass is 317 g/mol. The summed E-state index contributed by atoms with van der Waals surface area (Å²) in [6, 6.07) is 13.6. The van der Waals surface area contributed by atoms with E-state index in [4.69, 9.17) is 4.74 Å². The van der Waals surface area contributed by atoms with E-state index >= 15 is 0 Å². The van der Waals surface area contributed by atoms with Gasteiger partial charge in [0, 0.05) is 23.4 Å². The van der Waals surface area contributed by atoms with Gasteiger partial charge in [-0.15, -0.1) is 11.8 Å². The van der Waals surface area contributed by atoms with Gasteiger partial charge in [0.1, 0.15) is 16.9 Å². The Morgan fingerprint density at radius 1 is 1.23 bits per heavy atom. The van der Waals surface area contributed by atoms with Gasteiger partial charge in [0.25, 0.3) is 5.91 Å². The molecule has 0 aromatic heterocycles. The number of thioether (sulfide) groups is 1. The van der Waals surface area contributed by atoms with Crippen LogP contribution in [0.4, 0.5) is 4.39 Å². The molecule has 2 aromatic carbocycles. The molecular formula is C17H16FNO2S. The number of rotatable bonds is 3. The average molecular weight is 317 g/mol. The fourth-order valence-corrected chi connectivity index (χ4v) is 3.79. The second kappa shape index (κ2) is 6.40. The summed E-state index contributed by atoms with van der Waals surface area (Å²) in [6.07, 6.45) is 0. The topological polar surface area (TPSA) is 29.5 Å². The van der Waals surface area contributed by atoms with Gasteiger partial charge in [-0.2, -0.15) is 0 Å². The van der Waals surface area contributed by atoms with E-state index in [1.165, 1.54) is 6.07 Å². The van der Waals surface area contributed by atoms with Gasteiger partial charge in [-0.3, -0.25) is 4.79 Å². The smallest absolute Gasteiger partial charge is 0.255 e. The lowest BCUT2D eigenvalue weighted by molar-refractivity contribution is 0.0759. The molecule has 5 heteroatoms. The Morgan fingerprint density at radius 2 is 1.95 bits per heavy atom. The highest BCUT2D eigenvalue weighted by molar-refractivity contribution is 7.99. The molecule has 0 aliphatic carbocycles. The number of nitrogens with zero attached hydrogens (tertiary/aromatic N) is 1. The first kappa shape index (κ1) is 14.9. The van der Waals surface area contributed by atoms with Gasteiger partial charge < -0.3 is 9.64 Å². The van der Waals surface area contributed by atoms with Crippen molar-refractivity contribution in [2.75, 3.05) is 19.4 Å². The van der Waals surface area contributed by atoms with E-state index in [9.17, 15) is 9.18 Å². The van der Waals surface area contributed by atoms with E-state index in [-0.39, 0.29) is 17.1 Å². The fourth-order valence-electron chi connectivity index (χ4n) is 2.51. The zero-order valence-electron chi connectivity index (χ0n) is 12.2. The highest BCUT2D eigenvalue weighted by Crippen LogP contribution is 2.39. The Balaban J connectivity index is 1.86. The standard InChI is InChI=1S/C17H16FNO2S/c1-21-13-8-6-12(7-9-13)16(20)19-10-11-22-17(19)14-4-2-3-5-15(14)18/h2-9,17H,10-11H2,1H3. The number of benzene rings is 2. The number of hydrogen-bond donors (Lipinski definition) is 0. The van der Waals surface area contributed by atoms with Crippen molar-refractivity contribution in [3.63, 3.8) is 0 Å². The summed E-state index contributed by atoms with van der Waals surface area (Å²) in [4.78, 5) is 14.4. The molecule has 0 bridgehead atoms. The van der Waals surface area contributed by atoms with Crippen LogP contribution in [-0.4, -0.2) is 30.2 Å². The molecule has 1 aliphatic rings. The first-order chi connectivity index (χ1) is 10.7. The van der Waals surface area contributed by atoms with E-state index in [1.807, 2.05) is 0 Å². The first-order valence-corrected chi connectivity index (χ1v) is 8.06. The number of halogens is 1. The van der Waals surface area contributed by atoms with Gasteiger partial charge in [0.15, 0.2) is 0 Å². The molecule has 1 saturated heterocycles. The maximum atomic E-state index is 14.0. The number of hydrogen-bond acceptors (Lipinski definition) is 3. The summed E-state index contributed by atoms with van der Waals surface area (Å²) in [5.41, 5.74) is 1.15. The summed E-state index contributed by atoms with van der Waals surface area (Å²) in [6.45, 7) is 0.620. The first-order valence-electron chi connectivity index (χ1n) is 7.02. The van der Waals surface area contributed by atoms with Crippen LogP contribution >= 0.6 is 11.8 Å². The number of amides is 1. The summed E-state index contributed by atoms with van der Waals surface area (Å²) < 4.78 is 19.1. The van der Waals surface area contributed by atoms with Crippen LogP contribution in [0, 0.1) is 5.82 Å². The Bertz CT molecular complexity index is 675. The van der Waals surface area contributed by atoms with Crippen LogP contribution in [0.25, 0.3) is 0 Å². The molecule has 0 spiro atoms. The molecule has 1 heterocycles. The normalized spacial score (nSPS) is 17.5. The second-order valence-electron chi connectivity index (χ2n) is 4.97. The molecule has 1 amide bonds. The number of methoxy groups -OCH3 is 1. The van der Waals surface area contributed by atoms with Crippen LogP contribution in [0.2, 0.25) is 0 Å². The Labute approximate surface area is 133 Å². The zero-order valence-corrected chi connectivity index (χ0v) is 13.0. The molecule has 0 radical (unpaired) electrons. The highest BCUT2D eigenvalue weighted by Gasteiger charge is 2.32. The van der Waals surface area contributed by atoms with Crippen molar-refractivity contribution in [3.8, 4) is 5.75 Å². The summed E-state index contributed by atoms with van der Waals surface area (Å²) in [7, 11) is 1.59. The van der Waals surface area contributed by atoms with Gasteiger partial charge in [0.2, 0.25) is 0 Å². The van der Waals surface area contributed by atoms with Crippen molar-refractivity contribution in [2.45, 2.75) is 5.37 Å². The molecule has 114 valence electrons. The van der Waals surface area contributed by atoms with E-state index in [0.717, 1.165) is 5.75 Å². The molecule has 0 saturated carbocycles. The second-order valence-corrected chi connectivity index (χ2v) is 6.16. The maximum absolute atomic E-state index is 14.0. The molecule has 1 atom stereocenters. The lowest BCUT2D eigenvalue weighted by Gasteiger charge is -2.24. The van der Waals surface area contributed by atoms with Crippen molar-refractivity contribution < 1.29 is 13.9 Å². The largest absolute Gasteiger partial charge is 0.497 e. The Hall–Kier alpha value is -2.01. The lowest BCUT2D eigenvalue weighted by atomic mass is 10.1. The van der Waals surface area contributed by atoms with Gasteiger partial charge in [-0.25, -0.2) is 4.39 Å². The third kappa shape index (κ3) is 2.81. The van der Waals surface area contributed by atoms with Crippen LogP contribution in [0.3, 0.4) is 0 Å². The minimum Gasteiger partial charge on any atom is -0.497 e. The number of carbonyl (C=O) groups excluding carboxylic acids is 1. The third-order valence-electron chi connectivity index (χ3n) is 3.66. The molecule has 0 N–H and O–H groups in total. The van der Waals surface area contributed by atoms with Gasteiger partial charge >= 0.3 is 0 Å². The maximum Gasteiger partial charge on any atom is 0.255 e. The van der Waals surface area contributed by atoms with E-state index in [0.29, 0.717) is 23.4 Å². The predicted octanol–water partition coefficient (Wildman–Crippen LogP) is 3.72. The highest BCUT2D eigenvalue weighted by atomic mass is 32.2. The van der Waals surface area contributed by atoms with Crippen molar-refractivity contribution >= 4 is 17.7 Å². The molecule has 3 rings (SSSR count). The van der Waals surface area contributed by atoms with Crippen LogP contribution in [0.15, 0.2) is 48.5 Å². The fraction of sp³-hybridized carbons (Fsp3) is 0.235. The Kier molecular flexibility index (Phi) is 4.34. The van der Waals surface area contributed by atoms with Crippen LogP contribution in [0.5, 0.6) is 5.75 Å². The molecule has 1 aliphatic heterocycles. The molecule has 2 aromatic rings. The van der Waals surface area contributed by atoms with E-state index < -0.39 is 0 Å². The Morgan fingerprint density at radius 3 is 2.64 bits per heavy atom. The summed E-state index contributed by atoms with van der Waals surface area (Å²) in [5, 5.41) is -0.268. The van der Waals surface area contributed by atoms with Crippen LogP contribution in [-0.2, 0) is 0 Å². The summed E-state index contributed by atoms with van der Waals surface area (Å²) >= 11 is 1.59. The number of carbonyl (C=O) groups is 1. The quantitative estimate of drug-likeness (QED) is 0.864. The van der Waals surface area contributed by atoms with Gasteiger partial charge in [-0.05, 0) is 30.3 Å². The minimum absolute atomic E-state index is 0.0825. The van der Waals surface area contributed by atoms with Crippen molar-refractivity contribution in [1.82, 2.24) is 4.90 Å². The SMILES string of the molecule is COc1ccc(C(=O)N2CCSC2c2ccccc2F)cc1. The predicted molar refractivity (Wildman–Crippen MR) is 85.6 cm³/mol. The summed E-state index contributed by atoms with van der Waals surface area (Å²) in [5.74, 6) is 1.16. The molecule has 3 nitrogen and oxygen atoms in total. The molecule has 1 fully saturated rings. The minimum atomic E-state index is -0.269. The molecule has 1 unspecified atom stereocenters. The third-order valence-corrected chi connectivity index (χ3v) is 4.90. The van der Waals surface area contributed by atoms with Crippen molar-refractivity contribution in [2.24, 2.45) is 0 Å². The molecular weight excluding hydrogens is 301 g/mol. The van der Waals surface area contributed by atoms with Gasteiger partial charge in [-0.1, -0.05) is 18.2 Å². The van der Waals surface area contributed by atoms with Crippen LogP contribution in [0.1, 0.15) is 21.3 Å². The van der Waals surface area contributed by atoms with Crippen LogP contribution < -0.4 is 4.74 Å². The zero-order chi connectivity index (χ0) is 15.5. The van der Waals surface area contributed by atoms with Crippen molar-refractivity contribution in [3.05, 3.63) is 65.5 Å². The lowest BCUT2D eigenvalue weighted by Crippen LogP contribution is -2.30. The number of ether oxygens (including phenoxy) is 1. The van der Waals surface area contributed by atoms with E-state index in [1.54, 1.807) is 66.2 Å². The van der Waals surface area contributed by atoms with E-state index in [2.05, 4.69) is 0 Å². The average Bonchev–Trinajstić information content (AvgIpc) is 3.04. The van der Waals surface area contributed by atoms with Gasteiger partial charge in [0.05, 0.1) is 7.11 Å². The van der Waals surface area contributed by atoms with Crippen molar-refractivity contribution in [1.29, 1.82) is 0 Å².